The molecule has 0 spiro atoms. The quantitative estimate of drug-likeness (QED) is 0.644. The van der Waals surface area contributed by atoms with E-state index >= 15 is 0 Å². The van der Waals surface area contributed by atoms with Crippen LogP contribution in [0, 0.1) is 5.82 Å². The van der Waals surface area contributed by atoms with Gasteiger partial charge in [-0.3, -0.25) is 9.69 Å². The van der Waals surface area contributed by atoms with Crippen molar-refractivity contribution in [1.29, 1.82) is 0 Å². The standard InChI is InChI=1S/C25H31FN2O3/c1-18-15-28(19(2)14-27(18)16-22-6-10-23(26)11-7-22)25(30)17-31-24-12-8-21(9-13-24)5-4-20(3)29/h6-13,18-19H,4-5,14-17H2,1-3H3/t18-,19+/m0/s1. The maximum Gasteiger partial charge on any atom is 0.260 e. The van der Waals surface area contributed by atoms with Crippen molar-refractivity contribution >= 4 is 11.7 Å². The van der Waals surface area contributed by atoms with E-state index in [1.54, 1.807) is 6.92 Å². The van der Waals surface area contributed by atoms with Crippen molar-refractivity contribution in [3.63, 3.8) is 0 Å². The Morgan fingerprint density at radius 1 is 0.968 bits per heavy atom. The summed E-state index contributed by atoms with van der Waals surface area (Å²) < 4.78 is 18.9. The van der Waals surface area contributed by atoms with E-state index in [2.05, 4.69) is 11.8 Å². The number of amides is 1. The summed E-state index contributed by atoms with van der Waals surface area (Å²) in [5.41, 5.74) is 2.14. The lowest BCUT2D eigenvalue weighted by atomic mass is 10.1. The van der Waals surface area contributed by atoms with Gasteiger partial charge in [0.05, 0.1) is 0 Å². The van der Waals surface area contributed by atoms with Crippen LogP contribution >= 0.6 is 0 Å². The van der Waals surface area contributed by atoms with Crippen molar-refractivity contribution in [1.82, 2.24) is 9.80 Å². The van der Waals surface area contributed by atoms with Crippen molar-refractivity contribution in [2.24, 2.45) is 0 Å². The van der Waals surface area contributed by atoms with Crippen LogP contribution in [0.1, 0.15) is 38.3 Å². The zero-order valence-corrected chi connectivity index (χ0v) is 18.5. The van der Waals surface area contributed by atoms with Gasteiger partial charge in [-0.2, -0.15) is 0 Å². The summed E-state index contributed by atoms with van der Waals surface area (Å²) in [5.74, 6) is 0.565. The normalized spacial score (nSPS) is 19.3. The number of carbonyl (C=O) groups excluding carboxylic acids is 2. The number of carbonyl (C=O) groups is 2. The number of piperazine rings is 1. The summed E-state index contributed by atoms with van der Waals surface area (Å²) in [6, 6.07) is 14.4. The van der Waals surface area contributed by atoms with Crippen molar-refractivity contribution in [3.8, 4) is 5.75 Å². The van der Waals surface area contributed by atoms with Gasteiger partial charge in [0.1, 0.15) is 17.3 Å². The summed E-state index contributed by atoms with van der Waals surface area (Å²) in [6.07, 6.45) is 1.24. The third-order valence-electron chi connectivity index (χ3n) is 5.79. The molecule has 1 aliphatic heterocycles. The number of benzene rings is 2. The Morgan fingerprint density at radius 2 is 1.61 bits per heavy atom. The molecule has 166 valence electrons. The second kappa shape index (κ2) is 10.5. The molecule has 5 nitrogen and oxygen atoms in total. The van der Waals surface area contributed by atoms with Crippen molar-refractivity contribution in [3.05, 3.63) is 65.5 Å². The fourth-order valence-corrected chi connectivity index (χ4v) is 3.89. The van der Waals surface area contributed by atoms with E-state index in [-0.39, 0.29) is 36.2 Å². The topological polar surface area (TPSA) is 49.9 Å². The van der Waals surface area contributed by atoms with Gasteiger partial charge in [0.25, 0.3) is 5.91 Å². The summed E-state index contributed by atoms with van der Waals surface area (Å²) in [4.78, 5) is 28.1. The number of nitrogens with zero attached hydrogens (tertiary/aromatic N) is 2. The Hall–Kier alpha value is -2.73. The predicted octanol–water partition coefficient (Wildman–Crippen LogP) is 3.85. The lowest BCUT2D eigenvalue weighted by Crippen LogP contribution is -2.58. The van der Waals surface area contributed by atoms with E-state index in [0.29, 0.717) is 25.1 Å². The predicted molar refractivity (Wildman–Crippen MR) is 118 cm³/mol. The summed E-state index contributed by atoms with van der Waals surface area (Å²) >= 11 is 0. The van der Waals surface area contributed by atoms with Gasteiger partial charge in [-0.25, -0.2) is 4.39 Å². The third kappa shape index (κ3) is 6.62. The average Bonchev–Trinajstić information content (AvgIpc) is 2.75. The fourth-order valence-electron chi connectivity index (χ4n) is 3.89. The lowest BCUT2D eigenvalue weighted by molar-refractivity contribution is -0.139. The molecule has 0 aromatic heterocycles. The molecule has 0 aliphatic carbocycles. The third-order valence-corrected chi connectivity index (χ3v) is 5.79. The molecular formula is C25H31FN2O3. The molecule has 0 N–H and O–H groups in total. The Bertz CT molecular complexity index is 883. The number of Topliss-reactive ketones (excluding diaryl/α,β-unsaturated/α-hetero) is 1. The van der Waals surface area contributed by atoms with Crippen LogP contribution in [0.15, 0.2) is 48.5 Å². The number of hydrogen-bond donors (Lipinski definition) is 0. The van der Waals surface area contributed by atoms with Crippen LogP contribution < -0.4 is 4.74 Å². The van der Waals surface area contributed by atoms with Crippen LogP contribution in [-0.2, 0) is 22.6 Å². The maximum atomic E-state index is 13.1. The minimum Gasteiger partial charge on any atom is -0.484 e. The number of rotatable bonds is 8. The van der Waals surface area contributed by atoms with Crippen LogP contribution in [0.4, 0.5) is 4.39 Å². The van der Waals surface area contributed by atoms with Crippen LogP contribution in [0.5, 0.6) is 5.75 Å². The number of ketones is 1. The van der Waals surface area contributed by atoms with Gasteiger partial charge in [0, 0.05) is 38.1 Å². The highest BCUT2D eigenvalue weighted by Gasteiger charge is 2.32. The molecule has 0 bridgehead atoms. The first kappa shape index (κ1) is 22.9. The van der Waals surface area contributed by atoms with Gasteiger partial charge in [-0.05, 0) is 62.6 Å². The number of aryl methyl sites for hydroxylation is 1. The second-order valence-corrected chi connectivity index (χ2v) is 8.43. The zero-order chi connectivity index (χ0) is 22.4. The van der Waals surface area contributed by atoms with Crippen molar-refractivity contribution in [2.45, 2.75) is 52.2 Å². The first-order valence-electron chi connectivity index (χ1n) is 10.8. The van der Waals surface area contributed by atoms with E-state index in [1.165, 1.54) is 12.1 Å². The largest absolute Gasteiger partial charge is 0.484 e. The molecule has 31 heavy (non-hydrogen) atoms. The van der Waals surface area contributed by atoms with Crippen LogP contribution in [0.2, 0.25) is 0 Å². The van der Waals surface area contributed by atoms with Gasteiger partial charge in [0.2, 0.25) is 0 Å². The second-order valence-electron chi connectivity index (χ2n) is 8.43. The van der Waals surface area contributed by atoms with E-state index in [4.69, 9.17) is 4.74 Å². The molecular weight excluding hydrogens is 395 g/mol. The SMILES string of the molecule is CC(=O)CCc1ccc(OCC(=O)N2C[C@H](C)N(Cc3ccc(F)cc3)C[C@H]2C)cc1. The zero-order valence-electron chi connectivity index (χ0n) is 18.5. The fraction of sp³-hybridized carbons (Fsp3) is 0.440. The minimum absolute atomic E-state index is 0.00180. The van der Waals surface area contributed by atoms with E-state index < -0.39 is 0 Å². The summed E-state index contributed by atoms with van der Waals surface area (Å²) in [7, 11) is 0. The summed E-state index contributed by atoms with van der Waals surface area (Å²) in [6.45, 7) is 7.88. The molecule has 0 saturated carbocycles. The van der Waals surface area contributed by atoms with Gasteiger partial charge in [-0.15, -0.1) is 0 Å². The molecule has 0 radical (unpaired) electrons. The highest BCUT2D eigenvalue weighted by molar-refractivity contribution is 5.78. The molecule has 1 aliphatic rings. The van der Waals surface area contributed by atoms with Gasteiger partial charge < -0.3 is 14.4 Å². The molecule has 1 fully saturated rings. The van der Waals surface area contributed by atoms with Gasteiger partial charge >= 0.3 is 0 Å². The Morgan fingerprint density at radius 3 is 2.26 bits per heavy atom. The maximum absolute atomic E-state index is 13.1. The Kier molecular flexibility index (Phi) is 7.80. The summed E-state index contributed by atoms with van der Waals surface area (Å²) in [5, 5.41) is 0. The van der Waals surface area contributed by atoms with Crippen LogP contribution in [0.25, 0.3) is 0 Å². The Balaban J connectivity index is 1.49. The highest BCUT2D eigenvalue weighted by atomic mass is 19.1. The number of hydrogen-bond acceptors (Lipinski definition) is 4. The molecule has 6 heteroatoms. The monoisotopic (exact) mass is 426 g/mol. The first-order chi connectivity index (χ1) is 14.8. The van der Waals surface area contributed by atoms with Crippen LogP contribution in [0.3, 0.4) is 0 Å². The van der Waals surface area contributed by atoms with E-state index in [1.807, 2.05) is 48.2 Å². The lowest BCUT2D eigenvalue weighted by Gasteiger charge is -2.44. The molecule has 3 rings (SSSR count). The molecule has 2 atom stereocenters. The van der Waals surface area contributed by atoms with Crippen molar-refractivity contribution < 1.29 is 18.7 Å². The molecule has 1 amide bonds. The molecule has 2 aromatic rings. The average molecular weight is 427 g/mol. The first-order valence-corrected chi connectivity index (χ1v) is 10.8. The highest BCUT2D eigenvalue weighted by Crippen LogP contribution is 2.19. The number of halogens is 1. The van der Waals surface area contributed by atoms with E-state index in [9.17, 15) is 14.0 Å². The Labute approximate surface area is 183 Å². The molecule has 1 saturated heterocycles. The minimum atomic E-state index is -0.230. The molecule has 2 aromatic carbocycles. The van der Waals surface area contributed by atoms with Crippen molar-refractivity contribution in [2.75, 3.05) is 19.7 Å². The van der Waals surface area contributed by atoms with Gasteiger partial charge in [0.15, 0.2) is 6.61 Å². The number of ether oxygens (including phenoxy) is 1. The smallest absolute Gasteiger partial charge is 0.260 e. The van der Waals surface area contributed by atoms with E-state index in [0.717, 1.165) is 24.2 Å². The van der Waals surface area contributed by atoms with Gasteiger partial charge in [-0.1, -0.05) is 24.3 Å². The van der Waals surface area contributed by atoms with Crippen LogP contribution in [-0.4, -0.2) is 53.3 Å². The molecule has 0 unspecified atom stereocenters. The molecule has 1 heterocycles.